The van der Waals surface area contributed by atoms with Crippen LogP contribution in [0.15, 0.2) is 18.5 Å². The first-order valence-electron chi connectivity index (χ1n) is 6.06. The van der Waals surface area contributed by atoms with E-state index < -0.39 is 0 Å². The number of benzene rings is 1. The molecule has 0 atom stereocenters. The molecule has 1 aromatic heterocycles. The summed E-state index contributed by atoms with van der Waals surface area (Å²) in [6.07, 6.45) is 3.47. The average molecular weight is 296 g/mol. The zero-order valence-corrected chi connectivity index (χ0v) is 11.6. The van der Waals surface area contributed by atoms with Crippen LogP contribution in [-0.2, 0) is 0 Å². The van der Waals surface area contributed by atoms with Gasteiger partial charge in [-0.2, -0.15) is 0 Å². The van der Waals surface area contributed by atoms with Crippen molar-refractivity contribution in [1.82, 2.24) is 14.9 Å². The van der Waals surface area contributed by atoms with Gasteiger partial charge in [0.15, 0.2) is 0 Å². The second-order valence-corrected chi connectivity index (χ2v) is 5.28. The first-order valence-corrected chi connectivity index (χ1v) is 6.81. The van der Waals surface area contributed by atoms with E-state index >= 15 is 0 Å². The van der Waals surface area contributed by atoms with Crippen molar-refractivity contribution >= 4 is 40.0 Å². The summed E-state index contributed by atoms with van der Waals surface area (Å²) in [4.78, 5) is 22.2. The lowest BCUT2D eigenvalue weighted by atomic mass is 10.1. The van der Waals surface area contributed by atoms with Crippen LogP contribution in [0.25, 0.3) is 10.9 Å². The van der Waals surface area contributed by atoms with Crippen LogP contribution in [0.4, 0.5) is 0 Å². The molecule has 1 aromatic carbocycles. The lowest BCUT2D eigenvalue weighted by Gasteiger charge is -2.16. The molecule has 19 heavy (non-hydrogen) atoms. The summed E-state index contributed by atoms with van der Waals surface area (Å²) in [7, 11) is 0. The summed E-state index contributed by atoms with van der Waals surface area (Å²) in [6, 6.07) is 3.34. The van der Waals surface area contributed by atoms with Crippen molar-refractivity contribution in [2.45, 2.75) is 12.8 Å². The minimum Gasteiger partial charge on any atom is -0.339 e. The van der Waals surface area contributed by atoms with Gasteiger partial charge in [-0.1, -0.05) is 23.2 Å². The van der Waals surface area contributed by atoms with Crippen LogP contribution in [0.3, 0.4) is 0 Å². The Morgan fingerprint density at radius 2 is 1.89 bits per heavy atom. The number of nitrogens with zero attached hydrogens (tertiary/aromatic N) is 3. The second kappa shape index (κ2) is 4.94. The molecule has 1 amide bonds. The van der Waals surface area contributed by atoms with Crippen molar-refractivity contribution in [3.63, 3.8) is 0 Å². The Hall–Kier alpha value is -1.39. The molecule has 2 heterocycles. The van der Waals surface area contributed by atoms with Crippen molar-refractivity contribution in [2.75, 3.05) is 13.1 Å². The van der Waals surface area contributed by atoms with Gasteiger partial charge in [-0.05, 0) is 25.0 Å². The third-order valence-corrected chi connectivity index (χ3v) is 3.91. The van der Waals surface area contributed by atoms with Gasteiger partial charge in [0.25, 0.3) is 5.91 Å². The number of likely N-dealkylation sites (tertiary alicyclic amines) is 1. The number of hydrogen-bond acceptors (Lipinski definition) is 3. The van der Waals surface area contributed by atoms with Gasteiger partial charge >= 0.3 is 0 Å². The van der Waals surface area contributed by atoms with Gasteiger partial charge in [0, 0.05) is 18.5 Å². The molecule has 98 valence electrons. The monoisotopic (exact) mass is 295 g/mol. The van der Waals surface area contributed by atoms with E-state index in [1.54, 1.807) is 12.1 Å². The van der Waals surface area contributed by atoms with Gasteiger partial charge in [0.1, 0.15) is 11.5 Å². The van der Waals surface area contributed by atoms with Crippen molar-refractivity contribution in [1.29, 1.82) is 0 Å². The van der Waals surface area contributed by atoms with Crippen LogP contribution in [0.1, 0.15) is 23.2 Å². The highest BCUT2D eigenvalue weighted by molar-refractivity contribution is 6.37. The number of carbonyl (C=O) groups excluding carboxylic acids is 1. The summed E-state index contributed by atoms with van der Waals surface area (Å²) in [6.45, 7) is 1.58. The Bertz CT molecular complexity index is 654. The van der Waals surface area contributed by atoms with Gasteiger partial charge in [-0.25, -0.2) is 9.97 Å². The van der Waals surface area contributed by atoms with E-state index in [0.717, 1.165) is 25.9 Å². The quantitative estimate of drug-likeness (QED) is 0.759. The Kier molecular flexibility index (Phi) is 3.29. The fourth-order valence-electron chi connectivity index (χ4n) is 2.30. The molecule has 2 aromatic rings. The van der Waals surface area contributed by atoms with E-state index in [1.807, 2.05) is 4.90 Å². The lowest BCUT2D eigenvalue weighted by Crippen LogP contribution is -2.27. The molecule has 0 spiro atoms. The molecule has 1 aliphatic heterocycles. The number of halogens is 2. The van der Waals surface area contributed by atoms with Crippen LogP contribution < -0.4 is 0 Å². The van der Waals surface area contributed by atoms with E-state index in [0.29, 0.717) is 26.6 Å². The molecular formula is C13H11Cl2N3O. The SMILES string of the molecule is O=C(c1cc2ncnc(Cl)c2cc1Cl)N1CCCC1. The van der Waals surface area contributed by atoms with E-state index in [1.165, 1.54) is 6.33 Å². The number of hydrogen-bond donors (Lipinski definition) is 0. The van der Waals surface area contributed by atoms with Crippen LogP contribution in [-0.4, -0.2) is 33.9 Å². The Balaban J connectivity index is 2.08. The second-order valence-electron chi connectivity index (χ2n) is 4.51. The maximum absolute atomic E-state index is 12.4. The molecule has 3 rings (SSSR count). The molecule has 1 saturated heterocycles. The van der Waals surface area contributed by atoms with Gasteiger partial charge in [0.05, 0.1) is 16.1 Å². The molecule has 0 bridgehead atoms. The smallest absolute Gasteiger partial charge is 0.255 e. The van der Waals surface area contributed by atoms with E-state index in [2.05, 4.69) is 9.97 Å². The molecule has 0 radical (unpaired) electrons. The van der Waals surface area contributed by atoms with Gasteiger partial charge in [-0.15, -0.1) is 0 Å². The van der Waals surface area contributed by atoms with Gasteiger partial charge in [-0.3, -0.25) is 4.79 Å². The maximum Gasteiger partial charge on any atom is 0.255 e. The molecule has 6 heteroatoms. The Labute approximate surface area is 120 Å². The fraction of sp³-hybridized carbons (Fsp3) is 0.308. The Morgan fingerprint density at radius 3 is 2.63 bits per heavy atom. The molecule has 0 aliphatic carbocycles. The average Bonchev–Trinajstić information content (AvgIpc) is 2.92. The van der Waals surface area contributed by atoms with Gasteiger partial charge in [0.2, 0.25) is 0 Å². The van der Waals surface area contributed by atoms with E-state index in [9.17, 15) is 4.79 Å². The normalized spacial score (nSPS) is 15.2. The number of aromatic nitrogens is 2. The molecule has 0 unspecified atom stereocenters. The summed E-state index contributed by atoms with van der Waals surface area (Å²) < 4.78 is 0. The summed E-state index contributed by atoms with van der Waals surface area (Å²) >= 11 is 12.2. The van der Waals surface area contributed by atoms with Crippen LogP contribution in [0, 0.1) is 0 Å². The van der Waals surface area contributed by atoms with Crippen LogP contribution in [0.5, 0.6) is 0 Å². The van der Waals surface area contributed by atoms with E-state index in [4.69, 9.17) is 23.2 Å². The summed E-state index contributed by atoms with van der Waals surface area (Å²) in [5.41, 5.74) is 1.11. The first kappa shape index (κ1) is 12.6. The predicted octanol–water partition coefficient (Wildman–Crippen LogP) is 3.17. The van der Waals surface area contributed by atoms with Crippen molar-refractivity contribution in [3.8, 4) is 0 Å². The topological polar surface area (TPSA) is 46.1 Å². The zero-order chi connectivity index (χ0) is 13.4. The first-order chi connectivity index (χ1) is 9.16. The molecule has 0 saturated carbocycles. The largest absolute Gasteiger partial charge is 0.339 e. The van der Waals surface area contributed by atoms with Crippen molar-refractivity contribution in [2.24, 2.45) is 0 Å². The summed E-state index contributed by atoms with van der Waals surface area (Å²) in [5.74, 6) is -0.0425. The third kappa shape index (κ3) is 2.26. The minimum absolute atomic E-state index is 0.0425. The molecule has 0 N–H and O–H groups in total. The minimum atomic E-state index is -0.0425. The van der Waals surface area contributed by atoms with Crippen LogP contribution >= 0.6 is 23.2 Å². The molecule has 1 aliphatic rings. The lowest BCUT2D eigenvalue weighted by molar-refractivity contribution is 0.0793. The summed E-state index contributed by atoms with van der Waals surface area (Å²) in [5, 5.41) is 1.39. The number of amides is 1. The zero-order valence-electron chi connectivity index (χ0n) is 10.1. The highest BCUT2D eigenvalue weighted by Gasteiger charge is 2.22. The van der Waals surface area contributed by atoms with Crippen LogP contribution in [0.2, 0.25) is 10.2 Å². The standard InChI is InChI=1S/C13H11Cl2N3O/c14-10-5-9-11(16-7-17-12(9)15)6-8(10)13(19)18-3-1-2-4-18/h5-7H,1-4H2. The highest BCUT2D eigenvalue weighted by atomic mass is 35.5. The molecule has 4 nitrogen and oxygen atoms in total. The molecule has 1 fully saturated rings. The van der Waals surface area contributed by atoms with Gasteiger partial charge < -0.3 is 4.90 Å². The Morgan fingerprint density at radius 1 is 1.16 bits per heavy atom. The maximum atomic E-state index is 12.4. The number of fused-ring (bicyclic) bond motifs is 1. The van der Waals surface area contributed by atoms with Crippen molar-refractivity contribution < 1.29 is 4.79 Å². The van der Waals surface area contributed by atoms with Crippen molar-refractivity contribution in [3.05, 3.63) is 34.2 Å². The highest BCUT2D eigenvalue weighted by Crippen LogP contribution is 2.28. The number of rotatable bonds is 1. The molecular weight excluding hydrogens is 285 g/mol. The van der Waals surface area contributed by atoms with E-state index in [-0.39, 0.29) is 5.91 Å². The predicted molar refractivity (Wildman–Crippen MR) is 74.7 cm³/mol. The third-order valence-electron chi connectivity index (χ3n) is 3.30. The fourth-order valence-corrected chi connectivity index (χ4v) is 2.74. The number of carbonyl (C=O) groups is 1.